The van der Waals surface area contributed by atoms with E-state index >= 15 is 0 Å². The van der Waals surface area contributed by atoms with Crippen LogP contribution in [0.3, 0.4) is 0 Å². The number of rotatable bonds is 6. The molecule has 1 atom stereocenters. The highest BCUT2D eigenvalue weighted by molar-refractivity contribution is 5.87. The largest absolute Gasteiger partial charge is 0.481 e. The highest BCUT2D eigenvalue weighted by Crippen LogP contribution is 2.26. The van der Waals surface area contributed by atoms with Crippen molar-refractivity contribution in [2.45, 2.75) is 70.8 Å². The summed E-state index contributed by atoms with van der Waals surface area (Å²) in [6, 6.07) is -0.503. The minimum atomic E-state index is -0.775. The monoisotopic (exact) mass is 338 g/mol. The van der Waals surface area contributed by atoms with Crippen molar-refractivity contribution in [1.82, 2.24) is 10.2 Å². The molecule has 24 heavy (non-hydrogen) atoms. The summed E-state index contributed by atoms with van der Waals surface area (Å²) in [7, 11) is 0. The summed E-state index contributed by atoms with van der Waals surface area (Å²) in [5, 5.41) is 11.7. The third-order valence-electron chi connectivity index (χ3n) is 5.34. The van der Waals surface area contributed by atoms with Gasteiger partial charge in [0.15, 0.2) is 0 Å². The second kappa shape index (κ2) is 9.04. The van der Waals surface area contributed by atoms with Gasteiger partial charge in [-0.3, -0.25) is 14.4 Å². The van der Waals surface area contributed by atoms with E-state index in [4.69, 9.17) is 5.11 Å². The van der Waals surface area contributed by atoms with Crippen molar-refractivity contribution in [3.8, 4) is 0 Å². The van der Waals surface area contributed by atoms with E-state index in [1.54, 1.807) is 11.8 Å². The molecule has 1 unspecified atom stereocenters. The molecule has 0 radical (unpaired) electrons. The Morgan fingerprint density at radius 3 is 2.17 bits per heavy atom. The van der Waals surface area contributed by atoms with Crippen molar-refractivity contribution in [1.29, 1.82) is 0 Å². The number of amides is 2. The topological polar surface area (TPSA) is 86.7 Å². The lowest BCUT2D eigenvalue weighted by Crippen LogP contribution is -2.49. The van der Waals surface area contributed by atoms with Crippen LogP contribution in [0.5, 0.6) is 0 Å². The predicted octanol–water partition coefficient (Wildman–Crippen LogP) is 2.17. The summed E-state index contributed by atoms with van der Waals surface area (Å²) in [6.07, 6.45) is 8.07. The van der Waals surface area contributed by atoms with Crippen LogP contribution < -0.4 is 5.32 Å². The van der Waals surface area contributed by atoms with Crippen LogP contribution >= 0.6 is 0 Å². The summed E-state index contributed by atoms with van der Waals surface area (Å²) in [5.41, 5.74) is 0. The normalized spacial score (nSPS) is 21.3. The number of carbonyl (C=O) groups is 3. The molecule has 1 saturated heterocycles. The average Bonchev–Trinajstić information content (AvgIpc) is 2.55. The number of hydrogen-bond acceptors (Lipinski definition) is 3. The zero-order chi connectivity index (χ0) is 17.5. The maximum Gasteiger partial charge on any atom is 0.303 e. The number of carboxylic acids is 1. The third-order valence-corrected chi connectivity index (χ3v) is 5.34. The number of nitrogens with one attached hydrogen (secondary N) is 1. The van der Waals surface area contributed by atoms with E-state index in [2.05, 4.69) is 5.32 Å². The average molecular weight is 338 g/mol. The van der Waals surface area contributed by atoms with E-state index in [1.165, 1.54) is 19.3 Å². The van der Waals surface area contributed by atoms with E-state index in [1.807, 2.05) is 0 Å². The van der Waals surface area contributed by atoms with Crippen LogP contribution in [0.4, 0.5) is 0 Å². The van der Waals surface area contributed by atoms with Gasteiger partial charge in [-0.25, -0.2) is 0 Å². The van der Waals surface area contributed by atoms with Gasteiger partial charge in [-0.1, -0.05) is 19.3 Å². The molecule has 1 aliphatic carbocycles. The Morgan fingerprint density at radius 1 is 1.00 bits per heavy atom. The fraction of sp³-hybridized carbons (Fsp3) is 0.833. The summed E-state index contributed by atoms with van der Waals surface area (Å²) >= 11 is 0. The lowest BCUT2D eigenvalue weighted by molar-refractivity contribution is -0.139. The number of hydrogen-bond donors (Lipinski definition) is 2. The first-order valence-electron chi connectivity index (χ1n) is 9.25. The highest BCUT2D eigenvalue weighted by Gasteiger charge is 2.28. The second-order valence-corrected chi connectivity index (χ2v) is 7.36. The van der Waals surface area contributed by atoms with Crippen molar-refractivity contribution in [3.05, 3.63) is 0 Å². The molecule has 0 aromatic carbocycles. The lowest BCUT2D eigenvalue weighted by Gasteiger charge is -2.33. The zero-order valence-electron chi connectivity index (χ0n) is 14.6. The molecular formula is C18H30N2O4. The number of nitrogens with zero attached hydrogens (tertiary/aromatic N) is 1. The standard InChI is InChI=1S/C18H30N2O4/c1-13(19-16(21)11-14-5-3-2-4-6-14)18(24)20-9-7-15(8-10-20)12-17(22)23/h13-15H,2-12H2,1H3,(H,19,21)(H,22,23). The van der Waals surface area contributed by atoms with Crippen LogP contribution in [-0.4, -0.2) is 46.9 Å². The Morgan fingerprint density at radius 2 is 1.58 bits per heavy atom. The van der Waals surface area contributed by atoms with Gasteiger partial charge in [0.25, 0.3) is 0 Å². The maximum atomic E-state index is 12.4. The minimum absolute atomic E-state index is 0.0245. The molecule has 0 aromatic heterocycles. The molecule has 1 saturated carbocycles. The Labute approximate surface area is 144 Å². The van der Waals surface area contributed by atoms with Crippen molar-refractivity contribution >= 4 is 17.8 Å². The summed E-state index contributed by atoms with van der Waals surface area (Å²) in [6.45, 7) is 2.91. The van der Waals surface area contributed by atoms with E-state index in [0.717, 1.165) is 25.7 Å². The maximum absolute atomic E-state index is 12.4. The molecular weight excluding hydrogens is 308 g/mol. The number of likely N-dealkylation sites (tertiary alicyclic amines) is 1. The van der Waals surface area contributed by atoms with Crippen molar-refractivity contribution in [2.75, 3.05) is 13.1 Å². The van der Waals surface area contributed by atoms with Gasteiger partial charge in [0.1, 0.15) is 6.04 Å². The van der Waals surface area contributed by atoms with Crippen LogP contribution in [0, 0.1) is 11.8 Å². The van der Waals surface area contributed by atoms with E-state index in [0.29, 0.717) is 25.4 Å². The fourth-order valence-corrected chi connectivity index (χ4v) is 3.89. The SMILES string of the molecule is CC(NC(=O)CC1CCCCC1)C(=O)N1CCC(CC(=O)O)CC1. The second-order valence-electron chi connectivity index (χ2n) is 7.36. The summed E-state index contributed by atoms with van der Waals surface area (Å²) < 4.78 is 0. The van der Waals surface area contributed by atoms with Gasteiger partial charge in [-0.2, -0.15) is 0 Å². The van der Waals surface area contributed by atoms with Gasteiger partial charge in [-0.05, 0) is 44.4 Å². The Bertz CT molecular complexity index is 452. The zero-order valence-corrected chi connectivity index (χ0v) is 14.6. The van der Waals surface area contributed by atoms with Crippen LogP contribution in [-0.2, 0) is 14.4 Å². The van der Waals surface area contributed by atoms with Crippen LogP contribution in [0.25, 0.3) is 0 Å². The molecule has 2 fully saturated rings. The molecule has 0 bridgehead atoms. The van der Waals surface area contributed by atoms with Crippen molar-refractivity contribution < 1.29 is 19.5 Å². The smallest absolute Gasteiger partial charge is 0.303 e. The van der Waals surface area contributed by atoms with Crippen molar-refractivity contribution in [2.24, 2.45) is 11.8 Å². The fourth-order valence-electron chi connectivity index (χ4n) is 3.89. The summed E-state index contributed by atoms with van der Waals surface area (Å²) in [5.74, 6) is -0.233. The third kappa shape index (κ3) is 5.80. The van der Waals surface area contributed by atoms with Crippen LogP contribution in [0.2, 0.25) is 0 Å². The predicted molar refractivity (Wildman–Crippen MR) is 90.4 cm³/mol. The van der Waals surface area contributed by atoms with Gasteiger partial charge in [0.2, 0.25) is 11.8 Å². The number of carboxylic acid groups (broad SMARTS) is 1. The number of carbonyl (C=O) groups excluding carboxylic acids is 2. The minimum Gasteiger partial charge on any atom is -0.481 e. The van der Waals surface area contributed by atoms with Crippen molar-refractivity contribution in [3.63, 3.8) is 0 Å². The lowest BCUT2D eigenvalue weighted by atomic mass is 9.87. The Kier molecular flexibility index (Phi) is 7.06. The molecule has 1 heterocycles. The van der Waals surface area contributed by atoms with Gasteiger partial charge in [0.05, 0.1) is 0 Å². The first-order chi connectivity index (χ1) is 11.5. The summed E-state index contributed by atoms with van der Waals surface area (Å²) in [4.78, 5) is 37.1. The quantitative estimate of drug-likeness (QED) is 0.777. The molecule has 0 spiro atoms. The number of aliphatic carboxylic acids is 1. The first-order valence-corrected chi connectivity index (χ1v) is 9.25. The first kappa shape index (κ1) is 18.7. The molecule has 6 heteroatoms. The molecule has 2 N–H and O–H groups in total. The number of piperidine rings is 1. The van der Waals surface area contributed by atoms with Gasteiger partial charge in [-0.15, -0.1) is 0 Å². The highest BCUT2D eigenvalue weighted by atomic mass is 16.4. The molecule has 6 nitrogen and oxygen atoms in total. The molecule has 2 aliphatic rings. The van der Waals surface area contributed by atoms with Gasteiger partial charge < -0.3 is 15.3 Å². The molecule has 136 valence electrons. The Hall–Kier alpha value is -1.59. The van der Waals surface area contributed by atoms with Crippen LogP contribution in [0.1, 0.15) is 64.7 Å². The van der Waals surface area contributed by atoms with E-state index < -0.39 is 12.0 Å². The van der Waals surface area contributed by atoms with Gasteiger partial charge >= 0.3 is 5.97 Å². The molecule has 1 aliphatic heterocycles. The van der Waals surface area contributed by atoms with Crippen LogP contribution in [0.15, 0.2) is 0 Å². The molecule has 0 aromatic rings. The molecule has 2 amide bonds. The van der Waals surface area contributed by atoms with Gasteiger partial charge in [0, 0.05) is 25.9 Å². The molecule has 2 rings (SSSR count). The van der Waals surface area contributed by atoms with E-state index in [-0.39, 0.29) is 24.2 Å². The Balaban J connectivity index is 1.71. The van der Waals surface area contributed by atoms with E-state index in [9.17, 15) is 14.4 Å².